The number of nitrogens with one attached hydrogen (secondary N) is 1. The highest BCUT2D eigenvalue weighted by Crippen LogP contribution is 2.28. The molecule has 1 aromatic heterocycles. The molecule has 3 nitrogen and oxygen atoms in total. The maximum absolute atomic E-state index is 5.66. The van der Waals surface area contributed by atoms with Gasteiger partial charge in [-0.3, -0.25) is 4.90 Å². The molecule has 1 saturated heterocycles. The van der Waals surface area contributed by atoms with E-state index in [0.717, 1.165) is 41.1 Å². The number of furan rings is 1. The summed E-state index contributed by atoms with van der Waals surface area (Å²) < 4.78 is 7.44. The molecule has 0 aromatic carbocycles. The van der Waals surface area contributed by atoms with Crippen molar-refractivity contribution in [1.82, 2.24) is 10.2 Å². The van der Waals surface area contributed by atoms with Crippen LogP contribution in [0.15, 0.2) is 19.6 Å². The SMILES string of the molecule is CCCN(Cc1cc(Br)c(Br)o1)C1CCNC1. The van der Waals surface area contributed by atoms with E-state index in [2.05, 4.69) is 55.1 Å². The summed E-state index contributed by atoms with van der Waals surface area (Å²) in [5.41, 5.74) is 0. The topological polar surface area (TPSA) is 28.4 Å². The van der Waals surface area contributed by atoms with E-state index in [9.17, 15) is 0 Å². The summed E-state index contributed by atoms with van der Waals surface area (Å²) in [6.45, 7) is 6.48. The van der Waals surface area contributed by atoms with Gasteiger partial charge in [0.2, 0.25) is 0 Å². The van der Waals surface area contributed by atoms with E-state index in [4.69, 9.17) is 4.42 Å². The molecule has 1 aromatic rings. The third kappa shape index (κ3) is 3.56. The second-order valence-corrected chi connectivity index (χ2v) is 6.03. The Balaban J connectivity index is 2.01. The van der Waals surface area contributed by atoms with Crippen LogP contribution in [-0.4, -0.2) is 30.6 Å². The number of rotatable bonds is 5. The average Bonchev–Trinajstić information content (AvgIpc) is 2.89. The van der Waals surface area contributed by atoms with Gasteiger partial charge in [0.25, 0.3) is 0 Å². The first-order chi connectivity index (χ1) is 8.20. The van der Waals surface area contributed by atoms with E-state index in [-0.39, 0.29) is 0 Å². The predicted octanol–water partition coefficient (Wildman–Crippen LogP) is 3.38. The Labute approximate surface area is 119 Å². The summed E-state index contributed by atoms with van der Waals surface area (Å²) in [5, 5.41) is 3.42. The Morgan fingerprint density at radius 1 is 1.53 bits per heavy atom. The fourth-order valence-corrected chi connectivity index (χ4v) is 2.96. The first kappa shape index (κ1) is 13.6. The smallest absolute Gasteiger partial charge is 0.183 e. The summed E-state index contributed by atoms with van der Waals surface area (Å²) in [7, 11) is 0. The van der Waals surface area contributed by atoms with Crippen molar-refractivity contribution in [2.45, 2.75) is 32.4 Å². The second kappa shape index (κ2) is 6.36. The van der Waals surface area contributed by atoms with Crippen molar-refractivity contribution in [3.05, 3.63) is 21.0 Å². The molecular weight excluding hydrogens is 348 g/mol. The highest BCUT2D eigenvalue weighted by atomic mass is 79.9. The van der Waals surface area contributed by atoms with Crippen LogP contribution in [0.25, 0.3) is 0 Å². The molecule has 0 amide bonds. The van der Waals surface area contributed by atoms with Crippen molar-refractivity contribution >= 4 is 31.9 Å². The van der Waals surface area contributed by atoms with E-state index in [1.54, 1.807) is 0 Å². The largest absolute Gasteiger partial charge is 0.452 e. The molecule has 2 rings (SSSR count). The van der Waals surface area contributed by atoms with Crippen molar-refractivity contribution in [2.24, 2.45) is 0 Å². The number of nitrogens with zero attached hydrogens (tertiary/aromatic N) is 1. The average molecular weight is 366 g/mol. The first-order valence-electron chi connectivity index (χ1n) is 6.09. The Kier molecular flexibility index (Phi) is 5.09. The standard InChI is InChI=1S/C12H18Br2N2O/c1-2-5-16(9-3-4-15-7-9)8-10-6-11(13)12(14)17-10/h6,9,15H,2-5,7-8H2,1H3. The van der Waals surface area contributed by atoms with Crippen LogP contribution in [0.1, 0.15) is 25.5 Å². The fraction of sp³-hybridized carbons (Fsp3) is 0.667. The molecule has 0 spiro atoms. The molecule has 1 aliphatic heterocycles. The van der Waals surface area contributed by atoms with E-state index in [0.29, 0.717) is 6.04 Å². The van der Waals surface area contributed by atoms with Crippen LogP contribution in [0.3, 0.4) is 0 Å². The minimum absolute atomic E-state index is 0.651. The van der Waals surface area contributed by atoms with Crippen molar-refractivity contribution in [3.8, 4) is 0 Å². The lowest BCUT2D eigenvalue weighted by Gasteiger charge is -2.26. The molecule has 2 heterocycles. The van der Waals surface area contributed by atoms with Crippen molar-refractivity contribution in [3.63, 3.8) is 0 Å². The summed E-state index contributed by atoms with van der Waals surface area (Å²) in [6, 6.07) is 2.70. The molecule has 0 aliphatic carbocycles. The molecule has 1 N–H and O–H groups in total. The lowest BCUT2D eigenvalue weighted by Crippen LogP contribution is -2.36. The molecule has 0 bridgehead atoms. The third-order valence-electron chi connectivity index (χ3n) is 3.12. The van der Waals surface area contributed by atoms with Crippen LogP contribution in [0.2, 0.25) is 0 Å². The number of halogens is 2. The summed E-state index contributed by atoms with van der Waals surface area (Å²) in [6.07, 6.45) is 2.42. The van der Waals surface area contributed by atoms with Gasteiger partial charge >= 0.3 is 0 Å². The van der Waals surface area contributed by atoms with Gasteiger partial charge in [-0.15, -0.1) is 0 Å². The lowest BCUT2D eigenvalue weighted by molar-refractivity contribution is 0.184. The minimum atomic E-state index is 0.651. The van der Waals surface area contributed by atoms with Crippen LogP contribution < -0.4 is 5.32 Å². The molecule has 0 radical (unpaired) electrons. The van der Waals surface area contributed by atoms with Gasteiger partial charge in [0.15, 0.2) is 4.67 Å². The van der Waals surface area contributed by atoms with Gasteiger partial charge in [0.1, 0.15) is 5.76 Å². The Morgan fingerprint density at radius 3 is 2.88 bits per heavy atom. The molecule has 0 saturated carbocycles. The van der Waals surface area contributed by atoms with Gasteiger partial charge in [-0.05, 0) is 63.9 Å². The highest BCUT2D eigenvalue weighted by Gasteiger charge is 2.22. The normalized spacial score (nSPS) is 20.4. The van der Waals surface area contributed by atoms with Gasteiger partial charge < -0.3 is 9.73 Å². The zero-order valence-electron chi connectivity index (χ0n) is 10.0. The van der Waals surface area contributed by atoms with E-state index in [1.165, 1.54) is 12.8 Å². The molecule has 17 heavy (non-hydrogen) atoms. The maximum atomic E-state index is 5.66. The zero-order valence-corrected chi connectivity index (χ0v) is 13.2. The van der Waals surface area contributed by atoms with Crippen LogP contribution in [-0.2, 0) is 6.54 Å². The number of hydrogen-bond acceptors (Lipinski definition) is 3. The fourth-order valence-electron chi connectivity index (χ4n) is 2.30. The van der Waals surface area contributed by atoms with Gasteiger partial charge in [0, 0.05) is 12.6 Å². The van der Waals surface area contributed by atoms with Crippen LogP contribution in [0, 0.1) is 0 Å². The van der Waals surface area contributed by atoms with Crippen LogP contribution >= 0.6 is 31.9 Å². The van der Waals surface area contributed by atoms with Crippen molar-refractivity contribution < 1.29 is 4.42 Å². The van der Waals surface area contributed by atoms with Crippen molar-refractivity contribution in [1.29, 1.82) is 0 Å². The van der Waals surface area contributed by atoms with Crippen LogP contribution in [0.5, 0.6) is 0 Å². The predicted molar refractivity (Wildman–Crippen MR) is 76.1 cm³/mol. The third-order valence-corrected chi connectivity index (χ3v) is 4.83. The first-order valence-corrected chi connectivity index (χ1v) is 7.67. The summed E-state index contributed by atoms with van der Waals surface area (Å²) >= 11 is 6.84. The van der Waals surface area contributed by atoms with Gasteiger partial charge in [-0.25, -0.2) is 0 Å². The summed E-state index contributed by atoms with van der Waals surface area (Å²) in [5.74, 6) is 1.02. The maximum Gasteiger partial charge on any atom is 0.183 e. The van der Waals surface area contributed by atoms with Gasteiger partial charge in [-0.2, -0.15) is 0 Å². The molecule has 5 heteroatoms. The molecule has 1 atom stereocenters. The zero-order chi connectivity index (χ0) is 12.3. The van der Waals surface area contributed by atoms with E-state index in [1.807, 2.05) is 0 Å². The minimum Gasteiger partial charge on any atom is -0.452 e. The van der Waals surface area contributed by atoms with E-state index >= 15 is 0 Å². The monoisotopic (exact) mass is 364 g/mol. The molecule has 1 aliphatic rings. The van der Waals surface area contributed by atoms with E-state index < -0.39 is 0 Å². The highest BCUT2D eigenvalue weighted by molar-refractivity contribution is 9.13. The quantitative estimate of drug-likeness (QED) is 0.866. The lowest BCUT2D eigenvalue weighted by atomic mass is 10.2. The van der Waals surface area contributed by atoms with Crippen molar-refractivity contribution in [2.75, 3.05) is 19.6 Å². The summed E-state index contributed by atoms with van der Waals surface area (Å²) in [4.78, 5) is 2.51. The van der Waals surface area contributed by atoms with Crippen LogP contribution in [0.4, 0.5) is 0 Å². The Hall–Kier alpha value is 0.160. The molecular formula is C12H18Br2N2O. The molecule has 1 unspecified atom stereocenters. The Morgan fingerprint density at radius 2 is 2.35 bits per heavy atom. The Bertz CT molecular complexity index is 342. The number of hydrogen-bond donors (Lipinski definition) is 1. The molecule has 96 valence electrons. The molecule has 1 fully saturated rings. The van der Waals surface area contributed by atoms with Gasteiger partial charge in [-0.1, -0.05) is 6.92 Å². The second-order valence-electron chi connectivity index (χ2n) is 4.45. The van der Waals surface area contributed by atoms with Gasteiger partial charge in [0.05, 0.1) is 11.0 Å².